The fraction of sp³-hybridized carbons (Fsp3) is 0.0333. The molecule has 6 rings (SSSR count). The van der Waals surface area contributed by atoms with Crippen molar-refractivity contribution in [3.05, 3.63) is 114 Å². The van der Waals surface area contributed by atoms with Crippen LogP contribution in [0, 0.1) is 0 Å². The monoisotopic (exact) mass is 569 g/mol. The van der Waals surface area contributed by atoms with Gasteiger partial charge in [0, 0.05) is 34.0 Å². The summed E-state index contributed by atoms with van der Waals surface area (Å²) in [5.41, 5.74) is 2.04. The second kappa shape index (κ2) is 10.4. The lowest BCUT2D eigenvalue weighted by atomic mass is 9.91. The summed E-state index contributed by atoms with van der Waals surface area (Å²) in [7, 11) is 0. The highest BCUT2D eigenvalue weighted by Gasteiger charge is 2.34. The van der Waals surface area contributed by atoms with Gasteiger partial charge in [-0.2, -0.15) is 21.9 Å². The molecule has 2 N–H and O–H groups in total. The summed E-state index contributed by atoms with van der Waals surface area (Å²) >= 11 is 1.03. The summed E-state index contributed by atoms with van der Waals surface area (Å²) < 4.78 is 50.0. The first-order chi connectivity index (χ1) is 19.8. The molecule has 0 aliphatic heterocycles. The molecular weight excluding hydrogens is 551 g/mol. The van der Waals surface area contributed by atoms with Crippen LogP contribution in [0.3, 0.4) is 0 Å². The van der Waals surface area contributed by atoms with E-state index >= 15 is 0 Å². The van der Waals surface area contributed by atoms with Crippen molar-refractivity contribution in [3.63, 3.8) is 0 Å². The second-order valence-corrected chi connectivity index (χ2v) is 9.57. The van der Waals surface area contributed by atoms with Gasteiger partial charge in [0.05, 0.1) is 28.5 Å². The zero-order valence-electron chi connectivity index (χ0n) is 20.9. The summed E-state index contributed by atoms with van der Waals surface area (Å²) in [6, 6.07) is 23.4. The Labute approximate surface area is 235 Å². The zero-order valence-corrected chi connectivity index (χ0v) is 21.8. The minimum Gasteiger partial charge on any atom is -0.308 e. The topological polar surface area (TPSA) is 96.9 Å². The number of amides is 2. The Bertz CT molecular complexity index is 1940. The van der Waals surface area contributed by atoms with Crippen LogP contribution in [0.25, 0.3) is 33.1 Å². The molecule has 2 amide bonds. The third-order valence-corrected chi connectivity index (χ3v) is 6.97. The van der Waals surface area contributed by atoms with Gasteiger partial charge in [0.15, 0.2) is 5.78 Å². The molecule has 6 aromatic rings. The van der Waals surface area contributed by atoms with Gasteiger partial charge in [0.2, 0.25) is 0 Å². The normalized spacial score (nSPS) is 11.5. The van der Waals surface area contributed by atoms with E-state index in [1.54, 1.807) is 72.8 Å². The highest BCUT2D eigenvalue weighted by Crippen LogP contribution is 2.39. The van der Waals surface area contributed by atoms with Gasteiger partial charge in [-0.25, -0.2) is 4.79 Å². The number of urea groups is 1. The standard InChI is InChI=1S/C30H18F3N5O2S/c31-30(32,33)22-12-5-11-20-25(21(16-34-26(20)22)28(39)17-7-2-1-3-8-17)18-9-4-10-19(15-18)35-29(40)36-23-13-6-14-24-27(23)38-41-37-24/h1-16H,(H2,35,36,40). The highest BCUT2D eigenvalue weighted by molar-refractivity contribution is 7.00. The molecule has 0 aliphatic carbocycles. The van der Waals surface area contributed by atoms with E-state index in [1.165, 1.54) is 18.3 Å². The van der Waals surface area contributed by atoms with Crippen molar-refractivity contribution in [2.24, 2.45) is 0 Å². The predicted molar refractivity (Wildman–Crippen MR) is 152 cm³/mol. The molecule has 0 saturated carbocycles. The Balaban J connectivity index is 1.43. The first-order valence-electron chi connectivity index (χ1n) is 12.3. The Morgan fingerprint density at radius 3 is 2.37 bits per heavy atom. The lowest BCUT2D eigenvalue weighted by Crippen LogP contribution is -2.19. The van der Waals surface area contributed by atoms with Crippen LogP contribution < -0.4 is 10.6 Å². The molecule has 7 nitrogen and oxygen atoms in total. The van der Waals surface area contributed by atoms with Gasteiger partial charge in [-0.3, -0.25) is 9.78 Å². The Morgan fingerprint density at radius 1 is 0.780 bits per heavy atom. The number of pyridine rings is 1. The van der Waals surface area contributed by atoms with E-state index in [1.807, 2.05) is 0 Å². The van der Waals surface area contributed by atoms with Crippen molar-refractivity contribution in [1.29, 1.82) is 0 Å². The number of para-hydroxylation sites is 1. The van der Waals surface area contributed by atoms with Crippen LogP contribution in [0.15, 0.2) is 97.2 Å². The van der Waals surface area contributed by atoms with Crippen LogP contribution in [0.2, 0.25) is 0 Å². The van der Waals surface area contributed by atoms with E-state index in [4.69, 9.17) is 0 Å². The van der Waals surface area contributed by atoms with Crippen LogP contribution in [0.4, 0.5) is 29.3 Å². The molecule has 0 radical (unpaired) electrons. The number of alkyl halides is 3. The Hall–Kier alpha value is -5.16. The molecule has 0 saturated heterocycles. The van der Waals surface area contributed by atoms with Gasteiger partial charge in [-0.05, 0) is 35.9 Å². The van der Waals surface area contributed by atoms with E-state index in [2.05, 4.69) is 24.4 Å². The summed E-state index contributed by atoms with van der Waals surface area (Å²) in [5, 5.41) is 5.65. The number of hydrogen-bond acceptors (Lipinski definition) is 6. The van der Waals surface area contributed by atoms with Crippen LogP contribution in [0.5, 0.6) is 0 Å². The van der Waals surface area contributed by atoms with Crippen LogP contribution in [-0.2, 0) is 6.18 Å². The number of halogens is 3. The zero-order chi connectivity index (χ0) is 28.6. The predicted octanol–water partition coefficient (Wildman–Crippen LogP) is 7.80. The van der Waals surface area contributed by atoms with Gasteiger partial charge < -0.3 is 10.6 Å². The number of nitrogens with zero attached hydrogens (tertiary/aromatic N) is 3. The van der Waals surface area contributed by atoms with Crippen molar-refractivity contribution in [1.82, 2.24) is 13.7 Å². The van der Waals surface area contributed by atoms with Crippen molar-refractivity contribution in [2.45, 2.75) is 6.18 Å². The largest absolute Gasteiger partial charge is 0.418 e. The van der Waals surface area contributed by atoms with Gasteiger partial charge in [0.1, 0.15) is 11.0 Å². The van der Waals surface area contributed by atoms with Crippen molar-refractivity contribution < 1.29 is 22.8 Å². The van der Waals surface area contributed by atoms with Crippen LogP contribution in [0.1, 0.15) is 21.5 Å². The van der Waals surface area contributed by atoms with Crippen molar-refractivity contribution in [3.8, 4) is 11.1 Å². The number of hydrogen-bond donors (Lipinski definition) is 2. The molecule has 0 fully saturated rings. The Kier molecular flexibility index (Phi) is 6.64. The van der Waals surface area contributed by atoms with E-state index in [-0.39, 0.29) is 22.0 Å². The first-order valence-corrected chi connectivity index (χ1v) is 13.0. The van der Waals surface area contributed by atoms with Crippen molar-refractivity contribution in [2.75, 3.05) is 10.6 Å². The van der Waals surface area contributed by atoms with Crippen LogP contribution in [-0.4, -0.2) is 25.5 Å². The fourth-order valence-corrected chi connectivity index (χ4v) is 5.17. The molecule has 0 atom stereocenters. The molecule has 0 aliphatic rings. The minimum absolute atomic E-state index is 0.132. The third kappa shape index (κ3) is 5.10. The number of nitrogens with one attached hydrogen (secondary N) is 2. The van der Waals surface area contributed by atoms with E-state index in [9.17, 15) is 22.8 Å². The van der Waals surface area contributed by atoms with E-state index in [0.717, 1.165) is 17.8 Å². The molecule has 2 aromatic heterocycles. The summed E-state index contributed by atoms with van der Waals surface area (Å²) in [5.74, 6) is -0.395. The Morgan fingerprint density at radius 2 is 1.56 bits per heavy atom. The first kappa shape index (κ1) is 26.1. The summed E-state index contributed by atoms with van der Waals surface area (Å²) in [6.45, 7) is 0. The average Bonchev–Trinajstić information content (AvgIpc) is 3.46. The maximum Gasteiger partial charge on any atom is 0.418 e. The van der Waals surface area contributed by atoms with Gasteiger partial charge >= 0.3 is 12.2 Å². The minimum atomic E-state index is -4.65. The molecule has 0 unspecified atom stereocenters. The molecule has 0 spiro atoms. The quantitative estimate of drug-likeness (QED) is 0.207. The fourth-order valence-electron chi connectivity index (χ4n) is 4.62. The maximum absolute atomic E-state index is 13.9. The van der Waals surface area contributed by atoms with Gasteiger partial charge in [-0.15, -0.1) is 0 Å². The van der Waals surface area contributed by atoms with Crippen molar-refractivity contribution >= 4 is 56.9 Å². The highest BCUT2D eigenvalue weighted by atomic mass is 32.1. The number of anilines is 2. The molecule has 4 aromatic carbocycles. The van der Waals surface area contributed by atoms with E-state index < -0.39 is 23.6 Å². The van der Waals surface area contributed by atoms with Gasteiger partial charge in [0.25, 0.3) is 0 Å². The average molecular weight is 570 g/mol. The number of carbonyl (C=O) groups is 2. The number of benzene rings is 4. The molecule has 11 heteroatoms. The number of carbonyl (C=O) groups excluding carboxylic acids is 2. The van der Waals surface area contributed by atoms with Gasteiger partial charge in [-0.1, -0.05) is 60.7 Å². The number of rotatable bonds is 5. The lowest BCUT2D eigenvalue weighted by molar-refractivity contribution is -0.136. The third-order valence-electron chi connectivity index (χ3n) is 6.43. The maximum atomic E-state index is 13.9. The van der Waals surface area contributed by atoms with Crippen LogP contribution >= 0.6 is 11.7 Å². The molecular formula is C30H18F3N5O2S. The summed E-state index contributed by atoms with van der Waals surface area (Å²) in [4.78, 5) is 30.5. The second-order valence-electron chi connectivity index (χ2n) is 9.04. The SMILES string of the molecule is O=C(Nc1cccc(-c2c(C(=O)c3ccccc3)cnc3c(C(F)(F)F)cccc23)c1)Nc1cccc2nsnc12. The summed E-state index contributed by atoms with van der Waals surface area (Å²) in [6.07, 6.45) is -3.47. The smallest absolute Gasteiger partial charge is 0.308 e. The number of fused-ring (bicyclic) bond motifs is 2. The number of ketones is 1. The lowest BCUT2D eigenvalue weighted by Gasteiger charge is -2.16. The number of aromatic nitrogens is 3. The van der Waals surface area contributed by atoms with E-state index in [0.29, 0.717) is 33.5 Å². The molecule has 2 heterocycles. The molecule has 202 valence electrons. The molecule has 0 bridgehead atoms. The molecule has 41 heavy (non-hydrogen) atoms.